The van der Waals surface area contributed by atoms with Crippen molar-refractivity contribution in [1.82, 2.24) is 4.98 Å². The fraction of sp³-hybridized carbons (Fsp3) is 0.357. The van der Waals surface area contributed by atoms with Gasteiger partial charge in [0.05, 0.1) is 31.7 Å². The minimum atomic E-state index is -1.38. The molecule has 0 saturated carbocycles. The van der Waals surface area contributed by atoms with Crippen LogP contribution in [-0.4, -0.2) is 43.5 Å². The Morgan fingerprint density at radius 1 is 1.06 bits per heavy atom. The Balaban J connectivity index is 1.81. The monoisotopic (exact) mass is 497 g/mol. The summed E-state index contributed by atoms with van der Waals surface area (Å²) >= 11 is 0. The summed E-state index contributed by atoms with van der Waals surface area (Å²) in [6, 6.07) is 14.5. The van der Waals surface area contributed by atoms with Gasteiger partial charge in [0.25, 0.3) is 0 Å². The van der Waals surface area contributed by atoms with Crippen molar-refractivity contribution in [2.75, 3.05) is 27.6 Å². The van der Waals surface area contributed by atoms with E-state index < -0.39 is 5.60 Å². The summed E-state index contributed by atoms with van der Waals surface area (Å²) in [5, 5.41) is 11.2. The van der Waals surface area contributed by atoms with Gasteiger partial charge in [-0.1, -0.05) is 6.07 Å². The average molecular weight is 498 g/mol. The molecule has 8 heteroatoms. The van der Waals surface area contributed by atoms with Gasteiger partial charge in [0.1, 0.15) is 18.2 Å². The van der Waals surface area contributed by atoms with E-state index in [0.29, 0.717) is 40.6 Å². The van der Waals surface area contributed by atoms with E-state index in [2.05, 4.69) is 0 Å². The van der Waals surface area contributed by atoms with E-state index in [0.717, 1.165) is 5.56 Å². The molecule has 1 atom stereocenters. The smallest absolute Gasteiger partial charge is 0.163 e. The lowest BCUT2D eigenvalue weighted by Gasteiger charge is -2.24. The van der Waals surface area contributed by atoms with E-state index in [9.17, 15) is 14.3 Å². The number of ketones is 1. The molecule has 0 saturated heterocycles. The van der Waals surface area contributed by atoms with Crippen LogP contribution in [0, 0.1) is 5.82 Å². The second-order valence-electron chi connectivity index (χ2n) is 8.46. The normalized spacial score (nSPS) is 12.7. The van der Waals surface area contributed by atoms with Gasteiger partial charge in [0.15, 0.2) is 17.3 Å². The number of aromatic nitrogens is 1. The maximum Gasteiger partial charge on any atom is 0.163 e. The molecule has 0 aliphatic carbocycles. The molecule has 0 radical (unpaired) electrons. The van der Waals surface area contributed by atoms with Crippen LogP contribution in [0.5, 0.6) is 11.5 Å². The average Bonchev–Trinajstić information content (AvgIpc) is 2.88. The highest BCUT2D eigenvalue weighted by atomic mass is 19.1. The highest BCUT2D eigenvalue weighted by Crippen LogP contribution is 2.32. The topological polar surface area (TPSA) is 87.1 Å². The summed E-state index contributed by atoms with van der Waals surface area (Å²) in [5.41, 5.74) is 1.49. The summed E-state index contributed by atoms with van der Waals surface area (Å²) < 4.78 is 34.8. The Bertz CT molecular complexity index is 1160. The molecule has 192 valence electrons. The molecule has 36 heavy (non-hydrogen) atoms. The van der Waals surface area contributed by atoms with E-state index in [1.54, 1.807) is 43.3 Å². The predicted molar refractivity (Wildman–Crippen MR) is 134 cm³/mol. The first kappa shape index (κ1) is 27.3. The number of carbonyl (C=O) groups excluding carboxylic acids is 1. The lowest BCUT2D eigenvalue weighted by molar-refractivity contribution is -0.0390. The largest absolute Gasteiger partial charge is 0.493 e. The van der Waals surface area contributed by atoms with Crippen LogP contribution in [-0.2, 0) is 21.7 Å². The summed E-state index contributed by atoms with van der Waals surface area (Å²) in [6.07, 6.45) is 0.243. The second kappa shape index (κ2) is 12.6. The standard InChI is InChI=1S/C28H32FNO6/c1-5-36-24-12-8-20(16-25(24)34-4)23(31)14-15-28(2,32)26-13-9-21(17-35-18-33-3)27(30-26)19-6-10-22(29)11-7-19/h6-13,16,32H,5,14-15,17-18H2,1-4H3. The third-order valence-electron chi connectivity index (χ3n) is 5.73. The van der Waals surface area contributed by atoms with Gasteiger partial charge in [-0.25, -0.2) is 9.37 Å². The number of ether oxygens (including phenoxy) is 4. The molecule has 0 amide bonds. The second-order valence-corrected chi connectivity index (χ2v) is 8.46. The lowest BCUT2D eigenvalue weighted by atomic mass is 9.91. The number of hydrogen-bond donors (Lipinski definition) is 1. The third-order valence-corrected chi connectivity index (χ3v) is 5.73. The fourth-order valence-electron chi connectivity index (χ4n) is 3.74. The van der Waals surface area contributed by atoms with Crippen LogP contribution in [0.1, 0.15) is 48.3 Å². The van der Waals surface area contributed by atoms with Gasteiger partial charge in [-0.3, -0.25) is 4.79 Å². The molecule has 0 aliphatic heterocycles. The number of methoxy groups -OCH3 is 2. The molecular weight excluding hydrogens is 465 g/mol. The molecule has 0 spiro atoms. The van der Waals surface area contributed by atoms with Gasteiger partial charge >= 0.3 is 0 Å². The number of carbonyl (C=O) groups is 1. The molecule has 1 unspecified atom stereocenters. The van der Waals surface area contributed by atoms with Crippen LogP contribution in [0.4, 0.5) is 4.39 Å². The van der Waals surface area contributed by atoms with E-state index in [4.69, 9.17) is 23.9 Å². The maximum atomic E-state index is 13.5. The summed E-state index contributed by atoms with van der Waals surface area (Å²) in [6.45, 7) is 4.32. The van der Waals surface area contributed by atoms with E-state index >= 15 is 0 Å². The molecule has 0 bridgehead atoms. The zero-order valence-electron chi connectivity index (χ0n) is 21.0. The van der Waals surface area contributed by atoms with Gasteiger partial charge in [0, 0.05) is 30.2 Å². The molecule has 0 aliphatic rings. The lowest BCUT2D eigenvalue weighted by Crippen LogP contribution is -2.24. The Morgan fingerprint density at radius 2 is 1.81 bits per heavy atom. The summed E-state index contributed by atoms with van der Waals surface area (Å²) in [5.74, 6) is 0.547. The van der Waals surface area contributed by atoms with Gasteiger partial charge in [-0.2, -0.15) is 0 Å². The van der Waals surface area contributed by atoms with Crippen molar-refractivity contribution in [3.8, 4) is 22.8 Å². The zero-order chi connectivity index (χ0) is 26.1. The van der Waals surface area contributed by atoms with Gasteiger partial charge in [-0.05, 0) is 68.8 Å². The maximum absolute atomic E-state index is 13.5. The molecule has 3 aromatic rings. The van der Waals surface area contributed by atoms with Crippen LogP contribution in [0.3, 0.4) is 0 Å². The minimum absolute atomic E-state index is 0.0936. The molecule has 1 N–H and O–H groups in total. The van der Waals surface area contributed by atoms with Crippen LogP contribution in [0.2, 0.25) is 0 Å². The highest BCUT2D eigenvalue weighted by molar-refractivity contribution is 5.96. The van der Waals surface area contributed by atoms with Crippen LogP contribution < -0.4 is 9.47 Å². The Kier molecular flexibility index (Phi) is 9.52. The molecule has 1 aromatic heterocycles. The van der Waals surface area contributed by atoms with Crippen molar-refractivity contribution in [3.63, 3.8) is 0 Å². The number of halogens is 1. The first-order valence-corrected chi connectivity index (χ1v) is 11.7. The first-order valence-electron chi connectivity index (χ1n) is 11.7. The quantitative estimate of drug-likeness (QED) is 0.195. The van der Waals surface area contributed by atoms with Crippen LogP contribution in [0.25, 0.3) is 11.3 Å². The Morgan fingerprint density at radius 3 is 2.47 bits per heavy atom. The Labute approximate surface area is 210 Å². The third kappa shape index (κ3) is 6.87. The number of aliphatic hydroxyl groups is 1. The SMILES string of the molecule is CCOc1ccc(C(=O)CCC(C)(O)c2ccc(COCOC)c(-c3ccc(F)cc3)n2)cc1OC. The number of benzene rings is 2. The van der Waals surface area contributed by atoms with E-state index in [1.807, 2.05) is 13.0 Å². The van der Waals surface area contributed by atoms with E-state index in [-0.39, 0.29) is 37.8 Å². The molecular formula is C28H32FNO6. The number of nitrogens with zero attached hydrogens (tertiary/aromatic N) is 1. The number of Topliss-reactive ketones (excluding diaryl/α,β-unsaturated/α-hetero) is 1. The predicted octanol–water partition coefficient (Wildman–Crippen LogP) is 5.29. The van der Waals surface area contributed by atoms with Crippen molar-refractivity contribution in [2.45, 2.75) is 38.9 Å². The highest BCUT2D eigenvalue weighted by Gasteiger charge is 2.27. The van der Waals surface area contributed by atoms with Gasteiger partial charge < -0.3 is 24.1 Å². The molecule has 0 fully saturated rings. The van der Waals surface area contributed by atoms with Gasteiger partial charge in [-0.15, -0.1) is 0 Å². The molecule has 3 rings (SSSR count). The van der Waals surface area contributed by atoms with Crippen molar-refractivity contribution in [1.29, 1.82) is 0 Å². The summed E-state index contributed by atoms with van der Waals surface area (Å²) in [4.78, 5) is 17.6. The van der Waals surface area contributed by atoms with E-state index in [1.165, 1.54) is 26.4 Å². The van der Waals surface area contributed by atoms with Crippen LogP contribution in [0.15, 0.2) is 54.6 Å². The van der Waals surface area contributed by atoms with Gasteiger partial charge in [0.2, 0.25) is 0 Å². The van der Waals surface area contributed by atoms with Crippen molar-refractivity contribution in [2.24, 2.45) is 0 Å². The van der Waals surface area contributed by atoms with Crippen molar-refractivity contribution in [3.05, 3.63) is 77.2 Å². The fourth-order valence-corrected chi connectivity index (χ4v) is 3.74. The number of hydrogen-bond acceptors (Lipinski definition) is 7. The Hall–Kier alpha value is -3.33. The van der Waals surface area contributed by atoms with Crippen LogP contribution >= 0.6 is 0 Å². The molecule has 2 aromatic carbocycles. The first-order chi connectivity index (χ1) is 17.3. The molecule has 7 nitrogen and oxygen atoms in total. The van der Waals surface area contributed by atoms with Crippen molar-refractivity contribution >= 4 is 5.78 Å². The zero-order valence-corrected chi connectivity index (χ0v) is 21.0. The number of pyridine rings is 1. The minimum Gasteiger partial charge on any atom is -0.493 e. The van der Waals surface area contributed by atoms with Crippen molar-refractivity contribution < 1.29 is 33.2 Å². The summed E-state index contributed by atoms with van der Waals surface area (Å²) in [7, 11) is 3.05. The number of rotatable bonds is 13. The molecule has 1 heterocycles.